The number of nitriles is 1. The van der Waals surface area contributed by atoms with Crippen molar-refractivity contribution in [2.24, 2.45) is 0 Å². The first-order chi connectivity index (χ1) is 6.22. The highest BCUT2D eigenvalue weighted by atomic mass is 79.9. The Kier molecular flexibility index (Phi) is 1.71. The Hall–Kier alpha value is -1.54. The molecule has 0 bridgehead atoms. The van der Waals surface area contributed by atoms with E-state index in [0.29, 0.717) is 16.8 Å². The normalized spacial score (nSPS) is 10.2. The molecule has 0 aliphatic heterocycles. The van der Waals surface area contributed by atoms with Gasteiger partial charge >= 0.3 is 0 Å². The Labute approximate surface area is 82.1 Å². The minimum absolute atomic E-state index is 0.112. The fraction of sp³-hybridized carbons (Fsp3) is 0. The van der Waals surface area contributed by atoms with E-state index in [0.717, 1.165) is 4.47 Å². The Balaban J connectivity index is 2.87. The average Bonchev–Trinajstić information content (AvgIpc) is 2.44. The molecule has 0 fully saturated rings. The molecule has 0 unspecified atom stereocenters. The number of nitrogens with zero attached hydrogens (tertiary/aromatic N) is 2. The smallest absolute Gasteiger partial charge is 0.230 e. The number of rotatable bonds is 0. The predicted molar refractivity (Wildman–Crippen MR) is 50.8 cm³/mol. The Bertz CT molecular complexity index is 512. The maximum Gasteiger partial charge on any atom is 0.230 e. The third-order valence-electron chi connectivity index (χ3n) is 1.65. The number of nitrogen functional groups attached to an aromatic ring is 1. The van der Waals surface area contributed by atoms with Crippen molar-refractivity contribution in [3.8, 4) is 6.07 Å². The summed E-state index contributed by atoms with van der Waals surface area (Å²) in [6, 6.07) is 3.62. The minimum atomic E-state index is 0.112. The first kappa shape index (κ1) is 8.08. The number of pyridine rings is 1. The highest BCUT2D eigenvalue weighted by molar-refractivity contribution is 9.10. The lowest BCUT2D eigenvalue weighted by Gasteiger charge is -1.88. The molecule has 0 atom stereocenters. The monoisotopic (exact) mass is 237 g/mol. The van der Waals surface area contributed by atoms with Gasteiger partial charge in [-0.3, -0.25) is 0 Å². The fourth-order valence-corrected chi connectivity index (χ4v) is 1.39. The molecule has 13 heavy (non-hydrogen) atoms. The van der Waals surface area contributed by atoms with Gasteiger partial charge in [0.25, 0.3) is 0 Å². The summed E-state index contributed by atoms with van der Waals surface area (Å²) in [5, 5.41) is 9.28. The molecule has 0 spiro atoms. The highest BCUT2D eigenvalue weighted by Gasteiger charge is 2.11. The van der Waals surface area contributed by atoms with Gasteiger partial charge in [-0.15, -0.1) is 0 Å². The SMILES string of the molecule is N#Cc1oc2ncc(Br)cc2c1N. The van der Waals surface area contributed by atoms with Crippen LogP contribution in [0, 0.1) is 11.3 Å². The molecule has 2 aromatic rings. The number of hydrogen-bond donors (Lipinski definition) is 1. The van der Waals surface area contributed by atoms with Crippen molar-refractivity contribution in [2.45, 2.75) is 0 Å². The quantitative estimate of drug-likeness (QED) is 0.761. The summed E-state index contributed by atoms with van der Waals surface area (Å²) in [6.07, 6.45) is 1.59. The Morgan fingerprint density at radius 2 is 2.38 bits per heavy atom. The number of nitrogens with two attached hydrogens (primary N) is 1. The maximum absolute atomic E-state index is 8.63. The van der Waals surface area contributed by atoms with Gasteiger partial charge in [0.05, 0.1) is 11.1 Å². The van der Waals surface area contributed by atoms with Crippen LogP contribution in [0.1, 0.15) is 5.76 Å². The molecule has 2 rings (SSSR count). The summed E-state index contributed by atoms with van der Waals surface area (Å²) < 4.78 is 5.89. The zero-order valence-electron chi connectivity index (χ0n) is 6.41. The zero-order chi connectivity index (χ0) is 9.42. The lowest BCUT2D eigenvalue weighted by atomic mass is 10.3. The van der Waals surface area contributed by atoms with Crippen LogP contribution >= 0.6 is 15.9 Å². The second kappa shape index (κ2) is 2.75. The zero-order valence-corrected chi connectivity index (χ0v) is 8.00. The van der Waals surface area contributed by atoms with Crippen LogP contribution < -0.4 is 5.73 Å². The average molecular weight is 238 g/mol. The van der Waals surface area contributed by atoms with E-state index in [4.69, 9.17) is 15.4 Å². The van der Waals surface area contributed by atoms with Crippen molar-refractivity contribution in [3.05, 3.63) is 22.5 Å². The molecule has 5 heteroatoms. The maximum atomic E-state index is 8.63. The lowest BCUT2D eigenvalue weighted by molar-refractivity contribution is 0.589. The number of hydrogen-bond acceptors (Lipinski definition) is 4. The van der Waals surface area contributed by atoms with Crippen LogP contribution in [0.4, 0.5) is 5.69 Å². The molecule has 2 heterocycles. The molecular weight excluding hydrogens is 234 g/mol. The van der Waals surface area contributed by atoms with Crippen molar-refractivity contribution >= 4 is 32.7 Å². The van der Waals surface area contributed by atoms with Crippen molar-refractivity contribution in [2.75, 3.05) is 5.73 Å². The third kappa shape index (κ3) is 1.15. The van der Waals surface area contributed by atoms with Gasteiger partial charge in [0.1, 0.15) is 6.07 Å². The van der Waals surface area contributed by atoms with E-state index in [-0.39, 0.29) is 5.76 Å². The summed E-state index contributed by atoms with van der Waals surface area (Å²) in [4.78, 5) is 3.97. The summed E-state index contributed by atoms with van der Waals surface area (Å²) in [5.74, 6) is 0.112. The van der Waals surface area contributed by atoms with E-state index in [2.05, 4.69) is 20.9 Å². The van der Waals surface area contributed by atoms with E-state index in [1.807, 2.05) is 6.07 Å². The first-order valence-electron chi connectivity index (χ1n) is 3.46. The molecular formula is C8H4BrN3O. The van der Waals surface area contributed by atoms with Gasteiger partial charge < -0.3 is 10.2 Å². The van der Waals surface area contributed by atoms with Gasteiger partial charge in [0, 0.05) is 10.7 Å². The molecule has 0 aliphatic rings. The Morgan fingerprint density at radius 3 is 3.08 bits per heavy atom. The summed E-state index contributed by atoms with van der Waals surface area (Å²) in [5.41, 5.74) is 6.37. The number of anilines is 1. The molecule has 0 aliphatic carbocycles. The van der Waals surface area contributed by atoms with Gasteiger partial charge in [-0.1, -0.05) is 0 Å². The van der Waals surface area contributed by atoms with Gasteiger partial charge in [-0.25, -0.2) is 4.98 Å². The summed E-state index contributed by atoms with van der Waals surface area (Å²) >= 11 is 3.26. The van der Waals surface area contributed by atoms with Crippen molar-refractivity contribution in [1.82, 2.24) is 4.98 Å². The summed E-state index contributed by atoms with van der Waals surface area (Å²) in [7, 11) is 0. The number of furan rings is 1. The second-order valence-corrected chi connectivity index (χ2v) is 3.38. The van der Waals surface area contributed by atoms with Crippen LogP contribution in [0.5, 0.6) is 0 Å². The van der Waals surface area contributed by atoms with Gasteiger partial charge in [0.2, 0.25) is 11.5 Å². The predicted octanol–water partition coefficient (Wildman–Crippen LogP) is 2.04. The van der Waals surface area contributed by atoms with Gasteiger partial charge in [0.15, 0.2) is 0 Å². The van der Waals surface area contributed by atoms with Crippen LogP contribution in [0.2, 0.25) is 0 Å². The largest absolute Gasteiger partial charge is 0.425 e. The standard InChI is InChI=1S/C8H4BrN3O/c9-4-1-5-7(11)6(2-10)13-8(5)12-3-4/h1,3H,11H2. The van der Waals surface area contributed by atoms with Crippen LogP contribution in [-0.2, 0) is 0 Å². The summed E-state index contributed by atoms with van der Waals surface area (Å²) in [6.45, 7) is 0. The van der Waals surface area contributed by atoms with Crippen LogP contribution in [0.15, 0.2) is 21.2 Å². The number of aromatic nitrogens is 1. The van der Waals surface area contributed by atoms with Crippen LogP contribution in [-0.4, -0.2) is 4.98 Å². The van der Waals surface area contributed by atoms with Crippen molar-refractivity contribution < 1.29 is 4.42 Å². The van der Waals surface area contributed by atoms with E-state index in [1.54, 1.807) is 12.3 Å². The van der Waals surface area contributed by atoms with Gasteiger partial charge in [-0.05, 0) is 22.0 Å². The van der Waals surface area contributed by atoms with Crippen LogP contribution in [0.3, 0.4) is 0 Å². The van der Waals surface area contributed by atoms with Crippen molar-refractivity contribution in [3.63, 3.8) is 0 Å². The first-order valence-corrected chi connectivity index (χ1v) is 4.25. The van der Waals surface area contributed by atoms with Crippen LogP contribution in [0.25, 0.3) is 11.1 Å². The molecule has 0 aromatic carbocycles. The molecule has 2 aromatic heterocycles. The lowest BCUT2D eigenvalue weighted by Crippen LogP contribution is -1.84. The van der Waals surface area contributed by atoms with Crippen molar-refractivity contribution in [1.29, 1.82) is 5.26 Å². The number of halogens is 1. The van der Waals surface area contributed by atoms with E-state index in [1.165, 1.54) is 0 Å². The molecule has 0 saturated carbocycles. The highest BCUT2D eigenvalue weighted by Crippen LogP contribution is 2.28. The molecule has 0 amide bonds. The molecule has 0 radical (unpaired) electrons. The molecule has 4 nitrogen and oxygen atoms in total. The van der Waals surface area contributed by atoms with E-state index >= 15 is 0 Å². The number of fused-ring (bicyclic) bond motifs is 1. The molecule has 2 N–H and O–H groups in total. The van der Waals surface area contributed by atoms with E-state index < -0.39 is 0 Å². The molecule has 0 saturated heterocycles. The topological polar surface area (TPSA) is 75.8 Å². The Morgan fingerprint density at radius 1 is 1.62 bits per heavy atom. The van der Waals surface area contributed by atoms with E-state index in [9.17, 15) is 0 Å². The second-order valence-electron chi connectivity index (χ2n) is 2.46. The third-order valence-corrected chi connectivity index (χ3v) is 2.09. The van der Waals surface area contributed by atoms with Gasteiger partial charge in [-0.2, -0.15) is 5.26 Å². The minimum Gasteiger partial charge on any atom is -0.425 e. The fourth-order valence-electron chi connectivity index (χ4n) is 1.06. The molecule has 64 valence electrons.